The van der Waals surface area contributed by atoms with Crippen LogP contribution in [0.1, 0.15) is 24.5 Å². The normalized spacial score (nSPS) is 18.4. The maximum atomic E-state index is 5.43. The Bertz CT molecular complexity index is 588. The molecule has 1 N–H and O–H groups in total. The molecule has 0 aliphatic heterocycles. The van der Waals surface area contributed by atoms with Crippen LogP contribution in [0.25, 0.3) is 0 Å². The summed E-state index contributed by atoms with van der Waals surface area (Å²) >= 11 is 0. The standard InChI is InChI=1S/C17H23N3O/c1-5-13-8-12(2)9-15(10-13)19-14-6-7-16(20-18-3)17(11-14)21-4/h6-10,14,19H,5,11H2,1-4H3. The third kappa shape index (κ3) is 3.94. The number of nitrogens with one attached hydrogen (secondary N) is 1. The molecule has 1 aromatic rings. The third-order valence-electron chi connectivity index (χ3n) is 3.53. The van der Waals surface area contributed by atoms with Gasteiger partial charge in [0.1, 0.15) is 11.5 Å². The molecule has 2 rings (SSSR count). The fourth-order valence-electron chi connectivity index (χ4n) is 2.52. The van der Waals surface area contributed by atoms with E-state index < -0.39 is 0 Å². The number of methoxy groups -OCH3 is 1. The highest BCUT2D eigenvalue weighted by atomic mass is 16.5. The highest BCUT2D eigenvalue weighted by molar-refractivity contribution is 5.51. The van der Waals surface area contributed by atoms with Gasteiger partial charge in [0.2, 0.25) is 0 Å². The predicted octanol–water partition coefficient (Wildman–Crippen LogP) is 4.24. The van der Waals surface area contributed by atoms with Crippen LogP contribution in [0.5, 0.6) is 0 Å². The zero-order valence-electron chi connectivity index (χ0n) is 13.2. The van der Waals surface area contributed by atoms with Crippen molar-refractivity contribution >= 4 is 5.69 Å². The van der Waals surface area contributed by atoms with E-state index in [4.69, 9.17) is 4.74 Å². The summed E-state index contributed by atoms with van der Waals surface area (Å²) in [5, 5.41) is 11.5. The van der Waals surface area contributed by atoms with Crippen LogP contribution in [0, 0.1) is 6.92 Å². The van der Waals surface area contributed by atoms with Crippen molar-refractivity contribution in [2.24, 2.45) is 10.2 Å². The number of allylic oxidation sites excluding steroid dienone is 1. The minimum Gasteiger partial charge on any atom is -0.499 e. The molecule has 1 atom stereocenters. The van der Waals surface area contributed by atoms with E-state index >= 15 is 0 Å². The minimum absolute atomic E-state index is 0.210. The van der Waals surface area contributed by atoms with E-state index in [1.54, 1.807) is 14.2 Å². The van der Waals surface area contributed by atoms with E-state index in [2.05, 4.69) is 53.7 Å². The lowest BCUT2D eigenvalue weighted by Crippen LogP contribution is -2.21. The van der Waals surface area contributed by atoms with Gasteiger partial charge in [0.25, 0.3) is 0 Å². The van der Waals surface area contributed by atoms with Gasteiger partial charge in [-0.25, -0.2) is 0 Å². The van der Waals surface area contributed by atoms with Gasteiger partial charge in [-0.15, -0.1) is 0 Å². The van der Waals surface area contributed by atoms with Gasteiger partial charge in [0.05, 0.1) is 13.2 Å². The van der Waals surface area contributed by atoms with Crippen LogP contribution in [-0.2, 0) is 11.2 Å². The number of aryl methyl sites for hydroxylation is 2. The van der Waals surface area contributed by atoms with Crippen LogP contribution in [0.2, 0.25) is 0 Å². The van der Waals surface area contributed by atoms with E-state index in [1.165, 1.54) is 11.1 Å². The zero-order chi connectivity index (χ0) is 15.2. The second-order valence-corrected chi connectivity index (χ2v) is 5.19. The Hall–Kier alpha value is -2.10. The Morgan fingerprint density at radius 1 is 1.33 bits per heavy atom. The van der Waals surface area contributed by atoms with Crippen molar-refractivity contribution in [2.75, 3.05) is 19.5 Å². The molecule has 21 heavy (non-hydrogen) atoms. The molecule has 0 heterocycles. The minimum atomic E-state index is 0.210. The van der Waals surface area contributed by atoms with Gasteiger partial charge < -0.3 is 10.1 Å². The molecule has 1 unspecified atom stereocenters. The molecule has 1 aliphatic carbocycles. The maximum absolute atomic E-state index is 5.43. The second-order valence-electron chi connectivity index (χ2n) is 5.19. The summed E-state index contributed by atoms with van der Waals surface area (Å²) in [6.45, 7) is 4.30. The lowest BCUT2D eigenvalue weighted by Gasteiger charge is -2.22. The molecule has 0 spiro atoms. The summed E-state index contributed by atoms with van der Waals surface area (Å²) in [4.78, 5) is 0. The Balaban J connectivity index is 2.13. The molecule has 0 saturated heterocycles. The first-order valence-corrected chi connectivity index (χ1v) is 7.28. The highest BCUT2D eigenvalue weighted by Crippen LogP contribution is 2.24. The number of hydrogen-bond donors (Lipinski definition) is 1. The summed E-state index contributed by atoms with van der Waals surface area (Å²) < 4.78 is 5.43. The Kier molecular flexibility index (Phi) is 5.14. The van der Waals surface area contributed by atoms with Crippen molar-refractivity contribution in [3.05, 3.63) is 52.9 Å². The van der Waals surface area contributed by atoms with Crippen LogP contribution in [-0.4, -0.2) is 20.2 Å². The molecular formula is C17H23N3O. The van der Waals surface area contributed by atoms with Gasteiger partial charge >= 0.3 is 0 Å². The number of azo groups is 1. The molecule has 4 nitrogen and oxygen atoms in total. The number of ether oxygens (including phenoxy) is 1. The Labute approximate surface area is 126 Å². The van der Waals surface area contributed by atoms with Crippen LogP contribution in [0.4, 0.5) is 5.69 Å². The first-order valence-electron chi connectivity index (χ1n) is 7.28. The summed E-state index contributed by atoms with van der Waals surface area (Å²) in [5.74, 6) is 0.865. The SMILES string of the molecule is CCc1cc(C)cc(NC2C=CC(N=NC)=C(OC)C2)c1. The van der Waals surface area contributed by atoms with E-state index in [-0.39, 0.29) is 6.04 Å². The average Bonchev–Trinajstić information content (AvgIpc) is 2.48. The zero-order valence-corrected chi connectivity index (χ0v) is 13.2. The molecule has 4 heteroatoms. The van der Waals surface area contributed by atoms with Crippen molar-refractivity contribution in [3.8, 4) is 0 Å². The summed E-state index contributed by atoms with van der Waals surface area (Å²) in [6, 6.07) is 6.81. The summed E-state index contributed by atoms with van der Waals surface area (Å²) in [5.41, 5.74) is 4.58. The van der Waals surface area contributed by atoms with Gasteiger partial charge in [-0.2, -0.15) is 10.2 Å². The van der Waals surface area contributed by atoms with Gasteiger partial charge in [-0.05, 0) is 42.7 Å². The van der Waals surface area contributed by atoms with Crippen molar-refractivity contribution in [1.82, 2.24) is 0 Å². The van der Waals surface area contributed by atoms with Gasteiger partial charge in [-0.3, -0.25) is 0 Å². The first-order chi connectivity index (χ1) is 10.2. The second kappa shape index (κ2) is 7.07. The number of benzene rings is 1. The third-order valence-corrected chi connectivity index (χ3v) is 3.53. The van der Waals surface area contributed by atoms with Gasteiger partial charge in [0.15, 0.2) is 0 Å². The molecule has 0 aromatic heterocycles. The molecule has 1 aromatic carbocycles. The van der Waals surface area contributed by atoms with Crippen LogP contribution >= 0.6 is 0 Å². The van der Waals surface area contributed by atoms with Crippen molar-refractivity contribution < 1.29 is 4.74 Å². The average molecular weight is 285 g/mol. The summed E-state index contributed by atoms with van der Waals surface area (Å²) in [7, 11) is 3.34. The number of rotatable bonds is 5. The quantitative estimate of drug-likeness (QED) is 0.822. The van der Waals surface area contributed by atoms with E-state index in [1.807, 2.05) is 6.08 Å². The topological polar surface area (TPSA) is 46.0 Å². The molecule has 112 valence electrons. The smallest absolute Gasteiger partial charge is 0.125 e. The van der Waals surface area contributed by atoms with E-state index in [9.17, 15) is 0 Å². The maximum Gasteiger partial charge on any atom is 0.125 e. The monoisotopic (exact) mass is 285 g/mol. The fourth-order valence-corrected chi connectivity index (χ4v) is 2.52. The first kappa shape index (κ1) is 15.3. The molecule has 0 amide bonds. The van der Waals surface area contributed by atoms with E-state index in [0.717, 1.165) is 30.0 Å². The van der Waals surface area contributed by atoms with E-state index in [0.29, 0.717) is 0 Å². The van der Waals surface area contributed by atoms with Crippen LogP contribution in [0.15, 0.2) is 52.0 Å². The van der Waals surface area contributed by atoms with Crippen molar-refractivity contribution in [3.63, 3.8) is 0 Å². The molecule has 0 saturated carbocycles. The van der Waals surface area contributed by atoms with Crippen LogP contribution < -0.4 is 5.32 Å². The highest BCUT2D eigenvalue weighted by Gasteiger charge is 2.17. The Morgan fingerprint density at radius 3 is 2.81 bits per heavy atom. The lowest BCUT2D eigenvalue weighted by atomic mass is 10.0. The Morgan fingerprint density at radius 2 is 2.14 bits per heavy atom. The van der Waals surface area contributed by atoms with Gasteiger partial charge in [-0.1, -0.05) is 19.1 Å². The number of anilines is 1. The molecule has 0 radical (unpaired) electrons. The fraction of sp³-hybridized carbons (Fsp3) is 0.412. The lowest BCUT2D eigenvalue weighted by molar-refractivity contribution is 0.269. The van der Waals surface area contributed by atoms with Crippen molar-refractivity contribution in [1.29, 1.82) is 0 Å². The molecule has 1 aliphatic rings. The molecule has 0 fully saturated rings. The molecular weight excluding hydrogens is 262 g/mol. The van der Waals surface area contributed by atoms with Crippen LogP contribution in [0.3, 0.4) is 0 Å². The van der Waals surface area contributed by atoms with Crippen molar-refractivity contribution in [2.45, 2.75) is 32.7 Å². The van der Waals surface area contributed by atoms with Gasteiger partial charge in [0, 0.05) is 19.2 Å². The number of nitrogens with zero attached hydrogens (tertiary/aromatic N) is 2. The largest absolute Gasteiger partial charge is 0.499 e. The molecule has 0 bridgehead atoms. The number of hydrogen-bond acceptors (Lipinski definition) is 4. The predicted molar refractivity (Wildman–Crippen MR) is 86.5 cm³/mol. The summed E-state index contributed by atoms with van der Waals surface area (Å²) in [6.07, 6.45) is 5.89.